The number of hydrogen-bond acceptors (Lipinski definition) is 4. The first kappa shape index (κ1) is 15.3. The van der Waals surface area contributed by atoms with Crippen LogP contribution in [-0.4, -0.2) is 22.0 Å². The van der Waals surface area contributed by atoms with Gasteiger partial charge in [-0.05, 0) is 24.3 Å². The molecule has 1 aliphatic carbocycles. The largest absolute Gasteiger partial charge is 0.478 e. The predicted molar refractivity (Wildman–Crippen MR) is 79.6 cm³/mol. The van der Waals surface area contributed by atoms with Crippen LogP contribution in [0.4, 0.5) is 11.4 Å². The Labute approximate surface area is 123 Å². The maximum atomic E-state index is 11.3. The summed E-state index contributed by atoms with van der Waals surface area (Å²) in [5, 5.41) is 23.6. The number of nitrogens with zero attached hydrogens (tertiary/aromatic N) is 1. The van der Waals surface area contributed by atoms with E-state index in [4.69, 9.17) is 0 Å². The SMILES string of the molecule is CC1CCCC(Nc2c(C(=O)O)cccc2[N+](=O)[O-])C1C. The molecule has 0 saturated heterocycles. The Kier molecular flexibility index (Phi) is 4.45. The fourth-order valence-corrected chi connectivity index (χ4v) is 2.99. The average molecular weight is 292 g/mol. The molecule has 3 unspecified atom stereocenters. The van der Waals surface area contributed by atoms with E-state index in [1.54, 1.807) is 0 Å². The van der Waals surface area contributed by atoms with Crippen molar-refractivity contribution >= 4 is 17.3 Å². The van der Waals surface area contributed by atoms with Crippen molar-refractivity contribution in [3.63, 3.8) is 0 Å². The maximum absolute atomic E-state index is 11.3. The third-order valence-corrected chi connectivity index (χ3v) is 4.51. The molecule has 21 heavy (non-hydrogen) atoms. The van der Waals surface area contributed by atoms with Crippen LogP contribution in [-0.2, 0) is 0 Å². The molecular weight excluding hydrogens is 272 g/mol. The first-order chi connectivity index (χ1) is 9.91. The summed E-state index contributed by atoms with van der Waals surface area (Å²) < 4.78 is 0. The van der Waals surface area contributed by atoms with Gasteiger partial charge in [-0.2, -0.15) is 0 Å². The molecule has 0 amide bonds. The van der Waals surface area contributed by atoms with Crippen LogP contribution in [0.2, 0.25) is 0 Å². The van der Waals surface area contributed by atoms with E-state index in [-0.39, 0.29) is 23.0 Å². The van der Waals surface area contributed by atoms with Crippen molar-refractivity contribution < 1.29 is 14.8 Å². The Bertz CT molecular complexity index is 526. The van der Waals surface area contributed by atoms with E-state index in [0.717, 1.165) is 19.3 Å². The molecule has 1 aliphatic rings. The van der Waals surface area contributed by atoms with E-state index in [1.807, 2.05) is 0 Å². The van der Waals surface area contributed by atoms with E-state index in [1.165, 1.54) is 18.2 Å². The highest BCUT2D eigenvalue weighted by Gasteiger charge is 2.30. The summed E-state index contributed by atoms with van der Waals surface area (Å²) in [7, 11) is 0. The quantitative estimate of drug-likeness (QED) is 0.654. The number of aromatic carboxylic acids is 1. The number of carbonyl (C=O) groups is 1. The Morgan fingerprint density at radius 2 is 2.10 bits per heavy atom. The fourth-order valence-electron chi connectivity index (χ4n) is 2.99. The van der Waals surface area contributed by atoms with Gasteiger partial charge < -0.3 is 10.4 Å². The second-order valence-electron chi connectivity index (χ2n) is 5.78. The van der Waals surface area contributed by atoms with Crippen molar-refractivity contribution in [1.29, 1.82) is 0 Å². The van der Waals surface area contributed by atoms with Gasteiger partial charge in [0, 0.05) is 12.1 Å². The molecule has 6 nitrogen and oxygen atoms in total. The van der Waals surface area contributed by atoms with Crippen molar-refractivity contribution in [2.45, 2.75) is 39.2 Å². The highest BCUT2D eigenvalue weighted by molar-refractivity contribution is 5.96. The Balaban J connectivity index is 2.37. The van der Waals surface area contributed by atoms with Crippen molar-refractivity contribution in [1.82, 2.24) is 0 Å². The van der Waals surface area contributed by atoms with E-state index < -0.39 is 10.9 Å². The number of carboxylic acids is 1. The Morgan fingerprint density at radius 3 is 2.71 bits per heavy atom. The zero-order chi connectivity index (χ0) is 15.6. The molecule has 0 spiro atoms. The molecule has 0 aromatic heterocycles. The van der Waals surface area contributed by atoms with E-state index in [0.29, 0.717) is 11.8 Å². The number of benzene rings is 1. The zero-order valence-electron chi connectivity index (χ0n) is 12.2. The molecule has 0 heterocycles. The van der Waals surface area contributed by atoms with Crippen molar-refractivity contribution in [2.75, 3.05) is 5.32 Å². The molecule has 3 atom stereocenters. The molecule has 1 fully saturated rings. The second-order valence-corrected chi connectivity index (χ2v) is 5.78. The summed E-state index contributed by atoms with van der Waals surface area (Å²) in [5.74, 6) is -0.287. The highest BCUT2D eigenvalue weighted by Crippen LogP contribution is 2.35. The average Bonchev–Trinajstić information content (AvgIpc) is 2.43. The smallest absolute Gasteiger partial charge is 0.338 e. The summed E-state index contributed by atoms with van der Waals surface area (Å²) in [5.41, 5.74) is -0.101. The number of para-hydroxylation sites is 1. The molecule has 1 aromatic rings. The topological polar surface area (TPSA) is 92.5 Å². The number of hydrogen-bond donors (Lipinski definition) is 2. The third kappa shape index (κ3) is 3.15. The molecule has 2 N–H and O–H groups in total. The van der Waals surface area contributed by atoms with Crippen LogP contribution < -0.4 is 5.32 Å². The fraction of sp³-hybridized carbons (Fsp3) is 0.533. The van der Waals surface area contributed by atoms with Gasteiger partial charge in [0.25, 0.3) is 5.69 Å². The van der Waals surface area contributed by atoms with Crippen LogP contribution in [0.25, 0.3) is 0 Å². The van der Waals surface area contributed by atoms with Gasteiger partial charge in [-0.3, -0.25) is 10.1 Å². The standard InChI is InChI=1S/C15H20N2O4/c1-9-5-3-7-12(10(9)2)16-14-11(15(18)19)6-4-8-13(14)17(20)21/h4,6,8-10,12,16H,3,5,7H2,1-2H3,(H,18,19). The molecular formula is C15H20N2O4. The molecule has 1 saturated carbocycles. The minimum absolute atomic E-state index is 0.0466. The number of nitrogens with one attached hydrogen (secondary N) is 1. The molecule has 114 valence electrons. The van der Waals surface area contributed by atoms with Crippen LogP contribution in [0.5, 0.6) is 0 Å². The van der Waals surface area contributed by atoms with Gasteiger partial charge in [-0.15, -0.1) is 0 Å². The lowest BCUT2D eigenvalue weighted by Gasteiger charge is -2.35. The maximum Gasteiger partial charge on any atom is 0.338 e. The lowest BCUT2D eigenvalue weighted by Crippen LogP contribution is -2.35. The van der Waals surface area contributed by atoms with Gasteiger partial charge in [0.05, 0.1) is 10.5 Å². The van der Waals surface area contributed by atoms with Crippen LogP contribution in [0.3, 0.4) is 0 Å². The van der Waals surface area contributed by atoms with Gasteiger partial charge in [-0.1, -0.05) is 32.8 Å². The molecule has 2 rings (SSSR count). The minimum Gasteiger partial charge on any atom is -0.478 e. The van der Waals surface area contributed by atoms with Gasteiger partial charge >= 0.3 is 5.97 Å². The first-order valence-corrected chi connectivity index (χ1v) is 7.19. The molecule has 6 heteroatoms. The molecule has 0 aliphatic heterocycles. The molecule has 1 aromatic carbocycles. The number of nitro groups is 1. The zero-order valence-corrected chi connectivity index (χ0v) is 12.2. The number of anilines is 1. The summed E-state index contributed by atoms with van der Waals surface area (Å²) >= 11 is 0. The normalized spacial score (nSPS) is 25.3. The second kappa shape index (κ2) is 6.11. The molecule has 0 radical (unpaired) electrons. The van der Waals surface area contributed by atoms with E-state index in [9.17, 15) is 20.0 Å². The van der Waals surface area contributed by atoms with Crippen LogP contribution in [0, 0.1) is 22.0 Å². The summed E-state index contributed by atoms with van der Waals surface area (Å²) in [6.07, 6.45) is 3.09. The lowest BCUT2D eigenvalue weighted by atomic mass is 9.78. The van der Waals surface area contributed by atoms with Gasteiger partial charge in [0.15, 0.2) is 0 Å². The Hall–Kier alpha value is -2.11. The van der Waals surface area contributed by atoms with E-state index in [2.05, 4.69) is 19.2 Å². The Morgan fingerprint density at radius 1 is 1.38 bits per heavy atom. The highest BCUT2D eigenvalue weighted by atomic mass is 16.6. The predicted octanol–water partition coefficient (Wildman–Crippen LogP) is 3.53. The third-order valence-electron chi connectivity index (χ3n) is 4.51. The van der Waals surface area contributed by atoms with Crippen molar-refractivity contribution in [2.24, 2.45) is 11.8 Å². The summed E-state index contributed by atoms with van der Waals surface area (Å²) in [6, 6.07) is 4.20. The van der Waals surface area contributed by atoms with Crippen LogP contribution >= 0.6 is 0 Å². The number of rotatable bonds is 4. The van der Waals surface area contributed by atoms with E-state index >= 15 is 0 Å². The van der Waals surface area contributed by atoms with Gasteiger partial charge in [0.1, 0.15) is 5.69 Å². The van der Waals surface area contributed by atoms with Crippen molar-refractivity contribution in [3.8, 4) is 0 Å². The molecule has 0 bridgehead atoms. The first-order valence-electron chi connectivity index (χ1n) is 7.19. The summed E-state index contributed by atoms with van der Waals surface area (Å²) in [4.78, 5) is 21.9. The number of nitro benzene ring substituents is 1. The van der Waals surface area contributed by atoms with Crippen LogP contribution in [0.1, 0.15) is 43.5 Å². The lowest BCUT2D eigenvalue weighted by molar-refractivity contribution is -0.384. The monoisotopic (exact) mass is 292 g/mol. The van der Waals surface area contributed by atoms with Gasteiger partial charge in [0.2, 0.25) is 0 Å². The minimum atomic E-state index is -1.15. The van der Waals surface area contributed by atoms with Crippen molar-refractivity contribution in [3.05, 3.63) is 33.9 Å². The number of carboxylic acid groups (broad SMARTS) is 1. The van der Waals surface area contributed by atoms with Gasteiger partial charge in [-0.25, -0.2) is 4.79 Å². The summed E-state index contributed by atoms with van der Waals surface area (Å²) in [6.45, 7) is 4.27. The van der Waals surface area contributed by atoms with Crippen LogP contribution in [0.15, 0.2) is 18.2 Å².